The predicted octanol–water partition coefficient (Wildman–Crippen LogP) is 4.19. The van der Waals surface area contributed by atoms with E-state index in [2.05, 4.69) is 9.97 Å². The van der Waals surface area contributed by atoms with Gasteiger partial charge in [-0.1, -0.05) is 41.4 Å². The molecule has 0 radical (unpaired) electrons. The Hall–Kier alpha value is -2.63. The first-order valence-corrected chi connectivity index (χ1v) is 8.72. The van der Waals surface area contributed by atoms with Crippen LogP contribution in [0.3, 0.4) is 0 Å². The molecular formula is C19H14Cl2N4O. The number of fused-ring (bicyclic) bond motifs is 1. The molecule has 0 saturated heterocycles. The summed E-state index contributed by atoms with van der Waals surface area (Å²) in [6.07, 6.45) is 1.68. The van der Waals surface area contributed by atoms with Crippen molar-refractivity contribution in [2.75, 3.05) is 5.73 Å². The molecule has 0 fully saturated rings. The SMILES string of the molecule is Nc1ncc2c(n1)CN(C(=O)c1ccc(-c3ccc(Cl)c(Cl)c3)cc1)C2. The van der Waals surface area contributed by atoms with Crippen LogP contribution in [-0.4, -0.2) is 20.8 Å². The number of nitrogens with zero attached hydrogens (tertiary/aromatic N) is 3. The van der Waals surface area contributed by atoms with Crippen molar-refractivity contribution in [3.63, 3.8) is 0 Å². The third-order valence-corrected chi connectivity index (χ3v) is 5.09. The molecule has 2 heterocycles. The van der Waals surface area contributed by atoms with Gasteiger partial charge in [-0.05, 0) is 35.4 Å². The maximum atomic E-state index is 12.8. The second kappa shape index (κ2) is 6.59. The van der Waals surface area contributed by atoms with E-state index in [9.17, 15) is 4.79 Å². The Morgan fingerprint density at radius 1 is 1.00 bits per heavy atom. The zero-order valence-electron chi connectivity index (χ0n) is 13.6. The van der Waals surface area contributed by atoms with Gasteiger partial charge >= 0.3 is 0 Å². The Bertz CT molecular complexity index is 1000. The lowest BCUT2D eigenvalue weighted by Crippen LogP contribution is -2.25. The van der Waals surface area contributed by atoms with Crippen molar-refractivity contribution in [3.8, 4) is 11.1 Å². The van der Waals surface area contributed by atoms with Crippen LogP contribution < -0.4 is 5.73 Å². The van der Waals surface area contributed by atoms with E-state index in [-0.39, 0.29) is 11.9 Å². The third kappa shape index (κ3) is 3.11. The molecule has 0 aliphatic carbocycles. The first-order chi connectivity index (χ1) is 12.5. The number of halogens is 2. The second-order valence-electron chi connectivity index (χ2n) is 6.07. The first kappa shape index (κ1) is 16.8. The van der Waals surface area contributed by atoms with E-state index in [0.29, 0.717) is 28.7 Å². The molecule has 0 spiro atoms. The first-order valence-electron chi connectivity index (χ1n) is 7.96. The standard InChI is InChI=1S/C19H14Cl2N4O/c20-15-6-5-13(7-16(15)21)11-1-3-12(4-2-11)18(26)25-9-14-8-23-19(22)24-17(14)10-25/h1-8H,9-10H2,(H2,22,23,24). The smallest absolute Gasteiger partial charge is 0.254 e. The Morgan fingerprint density at radius 2 is 1.73 bits per heavy atom. The third-order valence-electron chi connectivity index (χ3n) is 4.35. The topological polar surface area (TPSA) is 72.1 Å². The van der Waals surface area contributed by atoms with Gasteiger partial charge in [0.1, 0.15) is 0 Å². The van der Waals surface area contributed by atoms with Gasteiger partial charge in [-0.3, -0.25) is 4.79 Å². The van der Waals surface area contributed by atoms with E-state index in [1.807, 2.05) is 30.3 Å². The summed E-state index contributed by atoms with van der Waals surface area (Å²) in [6.45, 7) is 0.929. The molecule has 2 aromatic carbocycles. The normalized spacial score (nSPS) is 12.9. The van der Waals surface area contributed by atoms with Crippen LogP contribution in [0.4, 0.5) is 5.95 Å². The number of amides is 1. The average molecular weight is 385 g/mol. The van der Waals surface area contributed by atoms with Crippen molar-refractivity contribution >= 4 is 35.1 Å². The van der Waals surface area contributed by atoms with Crippen molar-refractivity contribution < 1.29 is 4.79 Å². The summed E-state index contributed by atoms with van der Waals surface area (Å²) in [5.74, 6) is 0.172. The maximum absolute atomic E-state index is 12.8. The number of carbonyl (C=O) groups is 1. The van der Waals surface area contributed by atoms with Crippen LogP contribution in [0.15, 0.2) is 48.7 Å². The van der Waals surface area contributed by atoms with Gasteiger partial charge in [-0.25, -0.2) is 9.97 Å². The lowest BCUT2D eigenvalue weighted by Gasteiger charge is -2.15. The van der Waals surface area contributed by atoms with Crippen LogP contribution in [-0.2, 0) is 13.1 Å². The van der Waals surface area contributed by atoms with Crippen molar-refractivity contribution in [2.45, 2.75) is 13.1 Å². The number of nitrogens with two attached hydrogens (primary N) is 1. The molecule has 2 N–H and O–H groups in total. The fourth-order valence-electron chi connectivity index (χ4n) is 2.98. The van der Waals surface area contributed by atoms with E-state index in [1.54, 1.807) is 23.2 Å². The second-order valence-corrected chi connectivity index (χ2v) is 6.88. The lowest BCUT2D eigenvalue weighted by atomic mass is 10.0. The molecule has 130 valence electrons. The van der Waals surface area contributed by atoms with Crippen LogP contribution in [0.5, 0.6) is 0 Å². The highest BCUT2D eigenvalue weighted by Crippen LogP contribution is 2.29. The largest absolute Gasteiger partial charge is 0.368 e. The van der Waals surface area contributed by atoms with Crippen LogP contribution in [0, 0.1) is 0 Å². The predicted molar refractivity (Wildman–Crippen MR) is 102 cm³/mol. The van der Waals surface area contributed by atoms with Crippen molar-refractivity contribution in [3.05, 3.63) is 75.5 Å². The molecule has 1 aliphatic heterocycles. The minimum atomic E-state index is -0.0535. The fraction of sp³-hybridized carbons (Fsp3) is 0.105. The summed E-state index contributed by atoms with van der Waals surface area (Å²) in [5, 5.41) is 1.01. The van der Waals surface area contributed by atoms with Gasteiger partial charge in [-0.15, -0.1) is 0 Å². The number of carbonyl (C=O) groups excluding carboxylic acids is 1. The molecule has 1 aliphatic rings. The molecule has 0 unspecified atom stereocenters. The molecule has 1 amide bonds. The van der Waals surface area contributed by atoms with Gasteiger partial charge in [0.05, 0.1) is 22.3 Å². The maximum Gasteiger partial charge on any atom is 0.254 e. The Morgan fingerprint density at radius 3 is 2.46 bits per heavy atom. The molecule has 0 atom stereocenters. The highest BCUT2D eigenvalue weighted by Gasteiger charge is 2.25. The number of hydrogen-bond donors (Lipinski definition) is 1. The van der Waals surface area contributed by atoms with Gasteiger partial charge in [-0.2, -0.15) is 0 Å². The summed E-state index contributed by atoms with van der Waals surface area (Å²) in [5.41, 5.74) is 9.86. The van der Waals surface area contributed by atoms with Gasteiger partial charge in [0, 0.05) is 23.9 Å². The van der Waals surface area contributed by atoms with E-state index in [0.717, 1.165) is 22.4 Å². The minimum absolute atomic E-state index is 0.0535. The van der Waals surface area contributed by atoms with E-state index in [4.69, 9.17) is 28.9 Å². The summed E-state index contributed by atoms with van der Waals surface area (Å²) in [4.78, 5) is 22.7. The molecular weight excluding hydrogens is 371 g/mol. The molecule has 0 bridgehead atoms. The summed E-state index contributed by atoms with van der Waals surface area (Å²) >= 11 is 12.0. The number of benzene rings is 2. The average Bonchev–Trinajstić information content (AvgIpc) is 3.06. The molecule has 4 rings (SSSR count). The van der Waals surface area contributed by atoms with Gasteiger partial charge in [0.25, 0.3) is 5.91 Å². The summed E-state index contributed by atoms with van der Waals surface area (Å²) in [7, 11) is 0. The highest BCUT2D eigenvalue weighted by atomic mass is 35.5. The van der Waals surface area contributed by atoms with Crippen molar-refractivity contribution in [1.29, 1.82) is 0 Å². The molecule has 0 saturated carbocycles. The summed E-state index contributed by atoms with van der Waals surface area (Å²) in [6, 6.07) is 12.9. The van der Waals surface area contributed by atoms with E-state index < -0.39 is 0 Å². The van der Waals surface area contributed by atoms with Gasteiger partial charge in [0.2, 0.25) is 5.95 Å². The lowest BCUT2D eigenvalue weighted by molar-refractivity contribution is 0.0750. The number of anilines is 1. The van der Waals surface area contributed by atoms with E-state index >= 15 is 0 Å². The van der Waals surface area contributed by atoms with Crippen molar-refractivity contribution in [2.24, 2.45) is 0 Å². The number of rotatable bonds is 2. The van der Waals surface area contributed by atoms with Crippen LogP contribution in [0.25, 0.3) is 11.1 Å². The molecule has 7 heteroatoms. The highest BCUT2D eigenvalue weighted by molar-refractivity contribution is 6.42. The number of hydrogen-bond acceptors (Lipinski definition) is 4. The Labute approximate surface area is 160 Å². The summed E-state index contributed by atoms with van der Waals surface area (Å²) < 4.78 is 0. The minimum Gasteiger partial charge on any atom is -0.368 e. The monoisotopic (exact) mass is 384 g/mol. The van der Waals surface area contributed by atoms with Crippen LogP contribution >= 0.6 is 23.2 Å². The van der Waals surface area contributed by atoms with Crippen molar-refractivity contribution in [1.82, 2.24) is 14.9 Å². The molecule has 3 aromatic rings. The zero-order valence-corrected chi connectivity index (χ0v) is 15.1. The quantitative estimate of drug-likeness (QED) is 0.718. The number of aromatic nitrogens is 2. The number of nitrogen functional groups attached to an aromatic ring is 1. The molecule has 5 nitrogen and oxygen atoms in total. The Kier molecular flexibility index (Phi) is 4.26. The van der Waals surface area contributed by atoms with Crippen LogP contribution in [0.1, 0.15) is 21.6 Å². The molecule has 1 aromatic heterocycles. The van der Waals surface area contributed by atoms with Crippen LogP contribution in [0.2, 0.25) is 10.0 Å². The van der Waals surface area contributed by atoms with E-state index in [1.165, 1.54) is 0 Å². The van der Waals surface area contributed by atoms with Gasteiger partial charge < -0.3 is 10.6 Å². The zero-order chi connectivity index (χ0) is 18.3. The fourth-order valence-corrected chi connectivity index (χ4v) is 3.27. The molecule has 26 heavy (non-hydrogen) atoms. The Balaban J connectivity index is 1.54. The van der Waals surface area contributed by atoms with Gasteiger partial charge in [0.15, 0.2) is 0 Å².